The number of fused-ring (bicyclic) bond motifs is 1. The summed E-state index contributed by atoms with van der Waals surface area (Å²) in [6.45, 7) is 0. The van der Waals surface area contributed by atoms with Crippen LogP contribution in [0.5, 0.6) is 5.75 Å². The fourth-order valence-corrected chi connectivity index (χ4v) is 1.39. The lowest BCUT2D eigenvalue weighted by Crippen LogP contribution is -2.06. The second kappa shape index (κ2) is 3.06. The Hall–Kier alpha value is -1.97. The molecule has 0 fully saturated rings. The van der Waals surface area contributed by atoms with E-state index in [0.29, 0.717) is 17.0 Å². The number of nitrogens with one attached hydrogen (secondary N) is 1. The molecule has 0 atom stereocenters. The van der Waals surface area contributed by atoms with Crippen molar-refractivity contribution >= 4 is 16.6 Å². The Labute approximate surface area is 80.3 Å². The van der Waals surface area contributed by atoms with Crippen LogP contribution < -0.4 is 16.0 Å². The molecule has 0 saturated heterocycles. The number of methoxy groups -OCH3 is 1. The maximum Gasteiger partial charge on any atom is 0.250 e. The predicted octanol–water partition coefficient (Wildman–Crippen LogP) is 1.12. The first-order chi connectivity index (χ1) is 6.70. The lowest BCUT2D eigenvalue weighted by molar-refractivity contribution is 0.415. The lowest BCUT2D eigenvalue weighted by atomic mass is 10.2. The summed E-state index contributed by atoms with van der Waals surface area (Å²) < 4.78 is 5.04. The van der Waals surface area contributed by atoms with E-state index in [1.807, 2.05) is 6.07 Å². The van der Waals surface area contributed by atoms with Gasteiger partial charge in [-0.15, -0.1) is 0 Å². The zero-order chi connectivity index (χ0) is 10.1. The van der Waals surface area contributed by atoms with Crippen LogP contribution in [0.3, 0.4) is 0 Å². The number of pyridine rings is 1. The summed E-state index contributed by atoms with van der Waals surface area (Å²) in [6, 6.07) is 6.73. The maximum atomic E-state index is 11.1. The fraction of sp³-hybridized carbons (Fsp3) is 0.100. The van der Waals surface area contributed by atoms with Gasteiger partial charge in [-0.2, -0.15) is 0 Å². The molecule has 2 aromatic rings. The summed E-state index contributed by atoms with van der Waals surface area (Å²) >= 11 is 0. The van der Waals surface area contributed by atoms with Gasteiger partial charge in [0.15, 0.2) is 0 Å². The molecule has 14 heavy (non-hydrogen) atoms. The van der Waals surface area contributed by atoms with Crippen molar-refractivity contribution in [2.45, 2.75) is 0 Å². The van der Waals surface area contributed by atoms with Gasteiger partial charge >= 0.3 is 0 Å². The molecule has 0 aliphatic carbocycles. The van der Waals surface area contributed by atoms with Crippen LogP contribution in [0.25, 0.3) is 10.9 Å². The molecule has 0 bridgehead atoms. The number of nitrogen functional groups attached to an aromatic ring is 1. The highest BCUT2D eigenvalue weighted by atomic mass is 16.5. The van der Waals surface area contributed by atoms with E-state index in [2.05, 4.69) is 4.98 Å². The van der Waals surface area contributed by atoms with Gasteiger partial charge in [-0.25, -0.2) is 0 Å². The van der Waals surface area contributed by atoms with Crippen LogP contribution in [0.1, 0.15) is 0 Å². The Morgan fingerprint density at radius 2 is 2.14 bits per heavy atom. The molecule has 0 aliphatic heterocycles. The highest BCUT2D eigenvalue weighted by Crippen LogP contribution is 2.21. The average Bonchev–Trinajstić information content (AvgIpc) is 2.16. The predicted molar refractivity (Wildman–Crippen MR) is 55.5 cm³/mol. The van der Waals surface area contributed by atoms with Gasteiger partial charge < -0.3 is 15.5 Å². The third-order valence-corrected chi connectivity index (χ3v) is 2.08. The van der Waals surface area contributed by atoms with Crippen LogP contribution in [-0.4, -0.2) is 12.1 Å². The Balaban J connectivity index is 2.82. The molecule has 0 spiro atoms. The van der Waals surface area contributed by atoms with Crippen molar-refractivity contribution in [2.24, 2.45) is 0 Å². The van der Waals surface area contributed by atoms with E-state index >= 15 is 0 Å². The van der Waals surface area contributed by atoms with Crippen molar-refractivity contribution < 1.29 is 4.74 Å². The molecule has 0 saturated carbocycles. The molecule has 1 heterocycles. The first kappa shape index (κ1) is 8.62. The van der Waals surface area contributed by atoms with Crippen LogP contribution in [-0.2, 0) is 0 Å². The molecule has 0 unspecified atom stereocenters. The second-order valence-electron chi connectivity index (χ2n) is 3.00. The van der Waals surface area contributed by atoms with E-state index in [9.17, 15) is 4.79 Å². The molecule has 72 valence electrons. The largest absolute Gasteiger partial charge is 0.497 e. The van der Waals surface area contributed by atoms with Crippen molar-refractivity contribution in [2.75, 3.05) is 12.8 Å². The summed E-state index contributed by atoms with van der Waals surface area (Å²) in [5, 5.41) is 0.824. The molecule has 3 N–H and O–H groups in total. The standard InChI is InChI=1S/C10H10N2O2/c1-14-6-2-3-7-8(11)5-10(13)12-9(7)4-6/h2-5H,1H3,(H3,11,12,13). The van der Waals surface area contributed by atoms with E-state index in [4.69, 9.17) is 10.5 Å². The monoisotopic (exact) mass is 190 g/mol. The van der Waals surface area contributed by atoms with Gasteiger partial charge in [-0.05, 0) is 12.1 Å². The number of aromatic nitrogens is 1. The van der Waals surface area contributed by atoms with Crippen molar-refractivity contribution in [3.63, 3.8) is 0 Å². The van der Waals surface area contributed by atoms with Gasteiger partial charge in [-0.3, -0.25) is 4.79 Å². The van der Waals surface area contributed by atoms with Crippen LogP contribution in [0, 0.1) is 0 Å². The minimum absolute atomic E-state index is 0.205. The zero-order valence-electron chi connectivity index (χ0n) is 7.70. The smallest absolute Gasteiger partial charge is 0.250 e. The first-order valence-electron chi connectivity index (χ1n) is 4.17. The summed E-state index contributed by atoms with van der Waals surface area (Å²) in [4.78, 5) is 13.8. The Morgan fingerprint density at radius 3 is 2.86 bits per heavy atom. The number of anilines is 1. The van der Waals surface area contributed by atoms with Crippen LogP contribution in [0.15, 0.2) is 29.1 Å². The topological polar surface area (TPSA) is 68.1 Å². The molecule has 1 aromatic carbocycles. The summed E-state index contributed by atoms with van der Waals surface area (Å²) in [5.74, 6) is 0.693. The van der Waals surface area contributed by atoms with E-state index in [1.54, 1.807) is 19.2 Å². The number of rotatable bonds is 1. The molecule has 4 heteroatoms. The Morgan fingerprint density at radius 1 is 1.36 bits per heavy atom. The minimum Gasteiger partial charge on any atom is -0.497 e. The van der Waals surface area contributed by atoms with Crippen molar-refractivity contribution in [3.05, 3.63) is 34.6 Å². The normalized spacial score (nSPS) is 10.4. The molecular weight excluding hydrogens is 180 g/mol. The number of aromatic amines is 1. The lowest BCUT2D eigenvalue weighted by Gasteiger charge is -2.03. The van der Waals surface area contributed by atoms with Crippen LogP contribution in [0.4, 0.5) is 5.69 Å². The van der Waals surface area contributed by atoms with E-state index in [0.717, 1.165) is 5.39 Å². The van der Waals surface area contributed by atoms with Gasteiger partial charge in [0.25, 0.3) is 0 Å². The van der Waals surface area contributed by atoms with Gasteiger partial charge in [0.2, 0.25) is 5.56 Å². The van der Waals surface area contributed by atoms with Crippen LogP contribution >= 0.6 is 0 Å². The van der Waals surface area contributed by atoms with Gasteiger partial charge in [0.1, 0.15) is 5.75 Å². The average molecular weight is 190 g/mol. The molecule has 1 aromatic heterocycles. The van der Waals surface area contributed by atoms with Gasteiger partial charge in [0, 0.05) is 23.2 Å². The number of nitrogens with two attached hydrogens (primary N) is 1. The number of hydrogen-bond donors (Lipinski definition) is 2. The minimum atomic E-state index is -0.205. The highest BCUT2D eigenvalue weighted by Gasteiger charge is 2.01. The number of benzene rings is 1. The third-order valence-electron chi connectivity index (χ3n) is 2.08. The maximum absolute atomic E-state index is 11.1. The summed E-state index contributed by atoms with van der Waals surface area (Å²) in [7, 11) is 1.57. The van der Waals surface area contributed by atoms with E-state index < -0.39 is 0 Å². The third kappa shape index (κ3) is 1.31. The quantitative estimate of drug-likeness (QED) is 0.708. The molecule has 0 amide bonds. The molecular formula is C10H10N2O2. The van der Waals surface area contributed by atoms with Gasteiger partial charge in [-0.1, -0.05) is 0 Å². The molecule has 4 nitrogen and oxygen atoms in total. The highest BCUT2D eigenvalue weighted by molar-refractivity contribution is 5.90. The Bertz CT molecular complexity index is 531. The number of hydrogen-bond acceptors (Lipinski definition) is 3. The van der Waals surface area contributed by atoms with Crippen molar-refractivity contribution in [1.82, 2.24) is 4.98 Å². The fourth-order valence-electron chi connectivity index (χ4n) is 1.39. The molecule has 0 aliphatic rings. The van der Waals surface area contributed by atoms with E-state index in [-0.39, 0.29) is 5.56 Å². The van der Waals surface area contributed by atoms with Crippen LogP contribution in [0.2, 0.25) is 0 Å². The SMILES string of the molecule is COc1ccc2c(N)cc(=O)[nH]c2c1. The van der Waals surface area contributed by atoms with Crippen molar-refractivity contribution in [1.29, 1.82) is 0 Å². The Kier molecular flexibility index (Phi) is 1.89. The number of ether oxygens (including phenoxy) is 1. The molecule has 0 radical (unpaired) electrons. The zero-order valence-corrected chi connectivity index (χ0v) is 7.70. The molecule has 2 rings (SSSR count). The summed E-state index contributed by atoms with van der Waals surface area (Å²) in [6.07, 6.45) is 0. The number of H-pyrrole nitrogens is 1. The first-order valence-corrected chi connectivity index (χ1v) is 4.17. The summed E-state index contributed by atoms with van der Waals surface area (Å²) in [5.41, 5.74) is 6.65. The van der Waals surface area contributed by atoms with Gasteiger partial charge in [0.05, 0.1) is 12.6 Å². The van der Waals surface area contributed by atoms with Crippen molar-refractivity contribution in [3.8, 4) is 5.75 Å². The van der Waals surface area contributed by atoms with E-state index in [1.165, 1.54) is 6.07 Å². The second-order valence-corrected chi connectivity index (χ2v) is 3.00.